The minimum Gasteiger partial charge on any atom is -0.356 e. The second-order valence-electron chi connectivity index (χ2n) is 8.25. The first-order valence-electron chi connectivity index (χ1n) is 10.4. The summed E-state index contributed by atoms with van der Waals surface area (Å²) in [5.41, 5.74) is 1.68. The number of hydrogen-bond donors (Lipinski definition) is 1. The highest BCUT2D eigenvalue weighted by atomic mass is 32.1. The Labute approximate surface area is 181 Å². The van der Waals surface area contributed by atoms with E-state index in [1.807, 2.05) is 18.4 Å². The van der Waals surface area contributed by atoms with Crippen LogP contribution in [0.3, 0.4) is 0 Å². The Morgan fingerprint density at radius 3 is 2.74 bits per heavy atom. The van der Waals surface area contributed by atoms with Gasteiger partial charge in [0.25, 0.3) is 0 Å². The molecule has 3 aliphatic heterocycles. The molecule has 2 fully saturated rings. The number of amides is 2. The van der Waals surface area contributed by atoms with Gasteiger partial charge < -0.3 is 9.80 Å². The highest BCUT2D eigenvalue weighted by Crippen LogP contribution is 2.44. The van der Waals surface area contributed by atoms with Crippen molar-refractivity contribution >= 4 is 39.8 Å². The van der Waals surface area contributed by atoms with Crippen molar-refractivity contribution in [2.24, 2.45) is 5.92 Å². The molecule has 0 aliphatic carbocycles. The van der Waals surface area contributed by atoms with E-state index in [9.17, 15) is 18.0 Å². The third kappa shape index (κ3) is 3.68. The lowest BCUT2D eigenvalue weighted by atomic mass is 9.97. The molecule has 7 nitrogen and oxygen atoms in total. The molecule has 2 amide bonds. The summed E-state index contributed by atoms with van der Waals surface area (Å²) in [6, 6.07) is 3.34. The van der Waals surface area contributed by atoms with Crippen LogP contribution in [0, 0.1) is 12.8 Å². The first kappa shape index (κ1) is 20.3. The van der Waals surface area contributed by atoms with Crippen molar-refractivity contribution in [3.8, 4) is 0 Å². The van der Waals surface area contributed by atoms with E-state index in [1.165, 1.54) is 11.3 Å². The number of rotatable bonds is 2. The minimum absolute atomic E-state index is 0.104. The molecule has 2 atom stereocenters. The standard InChI is InChI=1S/C20H23F3N6OS/c1-12-11-31-18(24-12)26-19(30)29-16-5-3-9-28(16)14-6-7-15(25-17(14)29)27-8-2-4-13(10-27)20(21,22)23/h6-7,11,13,16H,2-5,8-10H2,1H3,(H,24,26,30)/t13?,16-/m1/s1. The van der Waals surface area contributed by atoms with Crippen molar-refractivity contribution in [3.63, 3.8) is 0 Å². The molecule has 166 valence electrons. The van der Waals surface area contributed by atoms with Crippen LogP contribution in [0.5, 0.6) is 0 Å². The monoisotopic (exact) mass is 452 g/mol. The molecule has 5 heterocycles. The summed E-state index contributed by atoms with van der Waals surface area (Å²) in [4.78, 5) is 27.6. The van der Waals surface area contributed by atoms with Crippen molar-refractivity contribution in [3.05, 3.63) is 23.2 Å². The van der Waals surface area contributed by atoms with Gasteiger partial charge >= 0.3 is 12.2 Å². The molecule has 2 aromatic rings. The number of nitrogens with zero attached hydrogens (tertiary/aromatic N) is 5. The average Bonchev–Trinajstić information content (AvgIpc) is 3.42. The van der Waals surface area contributed by atoms with Crippen molar-refractivity contribution < 1.29 is 18.0 Å². The van der Waals surface area contributed by atoms with Crippen LogP contribution in [0.15, 0.2) is 17.5 Å². The molecule has 1 unspecified atom stereocenters. The largest absolute Gasteiger partial charge is 0.393 e. The summed E-state index contributed by atoms with van der Waals surface area (Å²) < 4.78 is 39.8. The van der Waals surface area contributed by atoms with Crippen LogP contribution in [-0.4, -0.2) is 48.0 Å². The number of alkyl halides is 3. The fourth-order valence-corrected chi connectivity index (χ4v) is 5.37. The number of hydrogen-bond acceptors (Lipinski definition) is 6. The number of piperidine rings is 1. The molecule has 31 heavy (non-hydrogen) atoms. The number of urea groups is 1. The first-order chi connectivity index (χ1) is 14.8. The predicted octanol–water partition coefficient (Wildman–Crippen LogP) is 4.60. The Morgan fingerprint density at radius 2 is 2.00 bits per heavy atom. The van der Waals surface area contributed by atoms with Crippen LogP contribution in [0.2, 0.25) is 0 Å². The molecular formula is C20H23F3N6OS. The van der Waals surface area contributed by atoms with Gasteiger partial charge in [-0.25, -0.2) is 14.8 Å². The number of halogens is 3. The number of aryl methyl sites for hydroxylation is 1. The molecule has 2 saturated heterocycles. The van der Waals surface area contributed by atoms with Gasteiger partial charge in [0.1, 0.15) is 12.0 Å². The van der Waals surface area contributed by atoms with Crippen LogP contribution < -0.4 is 20.0 Å². The molecule has 5 rings (SSSR count). The van der Waals surface area contributed by atoms with Crippen molar-refractivity contribution in [1.82, 2.24) is 9.97 Å². The normalized spacial score (nSPS) is 23.2. The summed E-state index contributed by atoms with van der Waals surface area (Å²) >= 11 is 1.35. The van der Waals surface area contributed by atoms with E-state index in [0.717, 1.165) is 30.8 Å². The van der Waals surface area contributed by atoms with Gasteiger partial charge in [-0.05, 0) is 44.7 Å². The fraction of sp³-hybridized carbons (Fsp3) is 0.550. The SMILES string of the molecule is Cc1csc(NC(=O)N2c3nc(N4CCCC(C(F)(F)F)C4)ccc3N3CCC[C@H]32)n1. The van der Waals surface area contributed by atoms with Gasteiger partial charge in [-0.3, -0.25) is 10.2 Å². The zero-order chi connectivity index (χ0) is 21.8. The van der Waals surface area contributed by atoms with Gasteiger partial charge in [0.15, 0.2) is 10.9 Å². The third-order valence-corrected chi connectivity index (χ3v) is 7.03. The van der Waals surface area contributed by atoms with Crippen LogP contribution in [-0.2, 0) is 0 Å². The molecular weight excluding hydrogens is 429 g/mol. The molecule has 2 aromatic heterocycles. The molecule has 0 radical (unpaired) electrons. The molecule has 0 saturated carbocycles. The number of carbonyl (C=O) groups excluding carboxylic acids is 1. The zero-order valence-electron chi connectivity index (χ0n) is 17.0. The molecule has 3 aliphatic rings. The molecule has 11 heteroatoms. The Balaban J connectivity index is 1.44. The second-order valence-corrected chi connectivity index (χ2v) is 9.11. The van der Waals surface area contributed by atoms with E-state index in [0.29, 0.717) is 29.7 Å². The molecule has 0 spiro atoms. The lowest BCUT2D eigenvalue weighted by molar-refractivity contribution is -0.176. The van der Waals surface area contributed by atoms with Gasteiger partial charge in [-0.2, -0.15) is 13.2 Å². The first-order valence-corrected chi connectivity index (χ1v) is 11.3. The minimum atomic E-state index is -4.21. The zero-order valence-corrected chi connectivity index (χ0v) is 17.8. The summed E-state index contributed by atoms with van der Waals surface area (Å²) in [5, 5.41) is 5.22. The van der Waals surface area contributed by atoms with Crippen molar-refractivity contribution in [2.75, 3.05) is 39.7 Å². The molecule has 1 N–H and O–H groups in total. The Kier molecular flexibility index (Phi) is 4.95. The number of thiazole rings is 1. The van der Waals surface area contributed by atoms with E-state index in [2.05, 4.69) is 15.2 Å². The maximum absolute atomic E-state index is 13.3. The number of nitrogens with one attached hydrogen (secondary N) is 1. The van der Waals surface area contributed by atoms with E-state index in [1.54, 1.807) is 15.9 Å². The fourth-order valence-electron chi connectivity index (χ4n) is 4.70. The number of aromatic nitrogens is 2. The second kappa shape index (κ2) is 7.54. The van der Waals surface area contributed by atoms with Gasteiger partial charge in [-0.15, -0.1) is 11.3 Å². The Hall–Kier alpha value is -2.56. The number of fused-ring (bicyclic) bond motifs is 3. The van der Waals surface area contributed by atoms with Crippen LogP contribution in [0.4, 0.5) is 40.4 Å². The van der Waals surface area contributed by atoms with Gasteiger partial charge in [0.2, 0.25) is 0 Å². The summed E-state index contributed by atoms with van der Waals surface area (Å²) in [6.07, 6.45) is -1.96. The average molecular weight is 453 g/mol. The summed E-state index contributed by atoms with van der Waals surface area (Å²) in [7, 11) is 0. The predicted molar refractivity (Wildman–Crippen MR) is 114 cm³/mol. The van der Waals surface area contributed by atoms with E-state index < -0.39 is 12.1 Å². The number of anilines is 4. The number of pyridine rings is 1. The van der Waals surface area contributed by atoms with Gasteiger partial charge in [0.05, 0.1) is 17.3 Å². The van der Waals surface area contributed by atoms with Crippen molar-refractivity contribution in [1.29, 1.82) is 0 Å². The Bertz CT molecular complexity index is 996. The molecule has 0 aromatic carbocycles. The Morgan fingerprint density at radius 1 is 1.19 bits per heavy atom. The van der Waals surface area contributed by atoms with Crippen LogP contribution in [0.25, 0.3) is 0 Å². The quantitative estimate of drug-likeness (QED) is 0.721. The maximum Gasteiger partial charge on any atom is 0.393 e. The highest BCUT2D eigenvalue weighted by Gasteiger charge is 2.45. The van der Waals surface area contributed by atoms with E-state index in [4.69, 9.17) is 4.98 Å². The maximum atomic E-state index is 13.3. The smallest absolute Gasteiger partial charge is 0.356 e. The number of carbonyl (C=O) groups is 1. The highest BCUT2D eigenvalue weighted by molar-refractivity contribution is 7.13. The van der Waals surface area contributed by atoms with Crippen molar-refractivity contribution in [2.45, 2.75) is 44.9 Å². The van der Waals surface area contributed by atoms with Crippen LogP contribution in [0.1, 0.15) is 31.4 Å². The van der Waals surface area contributed by atoms with E-state index in [-0.39, 0.29) is 25.2 Å². The lowest BCUT2D eigenvalue weighted by Crippen LogP contribution is -2.45. The lowest BCUT2D eigenvalue weighted by Gasteiger charge is -2.34. The van der Waals surface area contributed by atoms with E-state index >= 15 is 0 Å². The van der Waals surface area contributed by atoms with Gasteiger partial charge in [0, 0.05) is 25.0 Å². The van der Waals surface area contributed by atoms with Crippen LogP contribution >= 0.6 is 11.3 Å². The summed E-state index contributed by atoms with van der Waals surface area (Å²) in [5.74, 6) is -0.370. The third-order valence-electron chi connectivity index (χ3n) is 6.16. The topological polar surface area (TPSA) is 64.6 Å². The summed E-state index contributed by atoms with van der Waals surface area (Å²) in [6.45, 7) is 3.10. The van der Waals surface area contributed by atoms with Gasteiger partial charge in [-0.1, -0.05) is 0 Å². The molecule has 0 bridgehead atoms.